The van der Waals surface area contributed by atoms with Gasteiger partial charge < -0.3 is 10.6 Å². The fourth-order valence-corrected chi connectivity index (χ4v) is 2.21. The third kappa shape index (κ3) is 2.23. The molecule has 1 heterocycles. The van der Waals surface area contributed by atoms with Gasteiger partial charge in [-0.3, -0.25) is 4.79 Å². The number of hydrogen-bond donors (Lipinski definition) is 2. The Bertz CT molecular complexity index is 327. The van der Waals surface area contributed by atoms with E-state index in [0.717, 1.165) is 0 Å². The molecule has 14 heavy (non-hydrogen) atoms. The fourth-order valence-electron chi connectivity index (χ4n) is 1.47. The summed E-state index contributed by atoms with van der Waals surface area (Å²) in [4.78, 5) is 12.8. The summed E-state index contributed by atoms with van der Waals surface area (Å²) in [5.74, 6) is -0.193. The minimum Gasteiger partial charge on any atom is -0.337 e. The maximum absolute atomic E-state index is 11.4. The van der Waals surface area contributed by atoms with Gasteiger partial charge in [-0.25, -0.2) is 13.6 Å². The first kappa shape index (κ1) is 11.4. The number of carbonyl (C=O) groups excluding carboxylic acids is 1. The van der Waals surface area contributed by atoms with Crippen molar-refractivity contribution in [3.05, 3.63) is 0 Å². The maximum Gasteiger partial charge on any atom is 0.224 e. The van der Waals surface area contributed by atoms with Gasteiger partial charge in [0.15, 0.2) is 0 Å². The molecule has 2 atom stereocenters. The summed E-state index contributed by atoms with van der Waals surface area (Å²) in [5.41, 5.74) is 5.39. The zero-order valence-corrected chi connectivity index (χ0v) is 8.83. The van der Waals surface area contributed by atoms with Crippen LogP contribution < -0.4 is 10.9 Å². The molecule has 0 saturated carbocycles. The number of nitrogens with zero attached hydrogens (tertiary/aromatic N) is 1. The summed E-state index contributed by atoms with van der Waals surface area (Å²) in [7, 11) is -3.61. The molecule has 0 aliphatic carbocycles. The molecule has 0 radical (unpaired) electrons. The number of carbonyl (C=O) groups is 1. The lowest BCUT2D eigenvalue weighted by molar-refractivity contribution is -0.129. The summed E-state index contributed by atoms with van der Waals surface area (Å²) in [6.45, 7) is 2.27. The maximum atomic E-state index is 11.4. The van der Waals surface area contributed by atoms with E-state index in [1.165, 1.54) is 4.90 Å². The highest BCUT2D eigenvalue weighted by Crippen LogP contribution is 2.18. The number of nitrogens with two attached hydrogens (primary N) is 2. The predicted octanol–water partition coefficient (Wildman–Crippen LogP) is -1.78. The van der Waals surface area contributed by atoms with E-state index in [0.29, 0.717) is 6.54 Å². The van der Waals surface area contributed by atoms with E-state index in [9.17, 15) is 13.2 Å². The van der Waals surface area contributed by atoms with Crippen molar-refractivity contribution in [3.8, 4) is 0 Å². The third-order valence-corrected chi connectivity index (χ3v) is 3.71. The highest BCUT2D eigenvalue weighted by atomic mass is 32.2. The van der Waals surface area contributed by atoms with Crippen molar-refractivity contribution in [2.75, 3.05) is 13.1 Å². The molecular weight excluding hydrogens is 206 g/mol. The Morgan fingerprint density at radius 2 is 2.21 bits per heavy atom. The molecule has 1 aliphatic heterocycles. The van der Waals surface area contributed by atoms with Gasteiger partial charge in [0, 0.05) is 25.6 Å². The van der Waals surface area contributed by atoms with Gasteiger partial charge in [-0.05, 0) is 6.92 Å². The van der Waals surface area contributed by atoms with Crippen LogP contribution in [0.4, 0.5) is 0 Å². The van der Waals surface area contributed by atoms with E-state index in [1.54, 1.807) is 6.92 Å². The molecule has 1 amide bonds. The molecule has 6 nitrogen and oxygen atoms in total. The first-order chi connectivity index (χ1) is 6.36. The lowest BCUT2D eigenvalue weighted by Gasteiger charge is -2.22. The van der Waals surface area contributed by atoms with Crippen LogP contribution in [0.1, 0.15) is 13.3 Å². The first-order valence-electron chi connectivity index (χ1n) is 4.37. The van der Waals surface area contributed by atoms with Gasteiger partial charge in [-0.15, -0.1) is 0 Å². The standard InChI is InChI=1S/C7H15N3O3S/c1-5(3-8)10-4-6(2-7(10)11)14(9,12)13/h5-6H,2-4,8H2,1H3,(H2,9,12,13). The molecule has 0 bridgehead atoms. The van der Waals surface area contributed by atoms with Crippen molar-refractivity contribution in [2.24, 2.45) is 10.9 Å². The minimum absolute atomic E-state index is 0.0246. The third-order valence-electron chi connectivity index (χ3n) is 2.46. The van der Waals surface area contributed by atoms with Crippen molar-refractivity contribution < 1.29 is 13.2 Å². The predicted molar refractivity (Wildman–Crippen MR) is 51.7 cm³/mol. The fraction of sp³-hybridized carbons (Fsp3) is 0.857. The molecule has 0 aromatic rings. The monoisotopic (exact) mass is 221 g/mol. The molecule has 0 aromatic carbocycles. The minimum atomic E-state index is -3.61. The van der Waals surface area contributed by atoms with Crippen LogP contribution in [0.5, 0.6) is 0 Å². The topological polar surface area (TPSA) is 106 Å². The number of sulfonamides is 1. The summed E-state index contributed by atoms with van der Waals surface area (Å²) < 4.78 is 22.0. The number of rotatable bonds is 3. The van der Waals surface area contributed by atoms with Gasteiger partial charge in [-0.2, -0.15) is 0 Å². The molecule has 2 unspecified atom stereocenters. The Morgan fingerprint density at radius 3 is 2.57 bits per heavy atom. The van der Waals surface area contributed by atoms with Crippen LogP contribution in [0.2, 0.25) is 0 Å². The van der Waals surface area contributed by atoms with Crippen molar-refractivity contribution in [1.82, 2.24) is 4.90 Å². The highest BCUT2D eigenvalue weighted by Gasteiger charge is 2.37. The number of hydrogen-bond acceptors (Lipinski definition) is 4. The molecule has 0 spiro atoms. The Kier molecular flexibility index (Phi) is 3.13. The van der Waals surface area contributed by atoms with Crippen LogP contribution in [0.15, 0.2) is 0 Å². The largest absolute Gasteiger partial charge is 0.337 e. The second-order valence-electron chi connectivity index (χ2n) is 3.55. The molecule has 1 aliphatic rings. The van der Waals surface area contributed by atoms with Crippen molar-refractivity contribution in [2.45, 2.75) is 24.6 Å². The summed E-state index contributed by atoms with van der Waals surface area (Å²) in [6, 6.07) is -0.130. The van der Waals surface area contributed by atoms with Crippen LogP contribution in [-0.2, 0) is 14.8 Å². The molecule has 0 aromatic heterocycles. The number of likely N-dealkylation sites (tertiary alicyclic amines) is 1. The lowest BCUT2D eigenvalue weighted by Crippen LogP contribution is -2.40. The van der Waals surface area contributed by atoms with E-state index >= 15 is 0 Å². The van der Waals surface area contributed by atoms with Crippen molar-refractivity contribution in [1.29, 1.82) is 0 Å². The molecular formula is C7H15N3O3S. The van der Waals surface area contributed by atoms with Gasteiger partial charge in [0.2, 0.25) is 15.9 Å². The second kappa shape index (κ2) is 3.84. The molecule has 1 saturated heterocycles. The molecule has 1 fully saturated rings. The van der Waals surface area contributed by atoms with Crippen LogP contribution in [0.3, 0.4) is 0 Å². The average Bonchev–Trinajstić information content (AvgIpc) is 2.45. The SMILES string of the molecule is CC(CN)N1CC(S(N)(=O)=O)CC1=O. The highest BCUT2D eigenvalue weighted by molar-refractivity contribution is 7.89. The Balaban J connectivity index is 2.75. The van der Waals surface area contributed by atoms with Crippen molar-refractivity contribution >= 4 is 15.9 Å². The van der Waals surface area contributed by atoms with Crippen molar-refractivity contribution in [3.63, 3.8) is 0 Å². The summed E-state index contributed by atoms with van der Waals surface area (Å²) in [5, 5.41) is 4.19. The molecule has 7 heteroatoms. The van der Waals surface area contributed by atoms with Gasteiger partial charge in [0.05, 0.1) is 0 Å². The van der Waals surface area contributed by atoms with E-state index in [2.05, 4.69) is 0 Å². The first-order valence-corrected chi connectivity index (χ1v) is 5.98. The van der Waals surface area contributed by atoms with Crippen LogP contribution in [0.25, 0.3) is 0 Å². The van der Waals surface area contributed by atoms with E-state index in [4.69, 9.17) is 10.9 Å². The van der Waals surface area contributed by atoms with Crippen LogP contribution in [0, 0.1) is 0 Å². The van der Waals surface area contributed by atoms with Gasteiger partial charge in [0.25, 0.3) is 0 Å². The number of amides is 1. The second-order valence-corrected chi connectivity index (χ2v) is 5.39. The molecule has 1 rings (SSSR count). The van der Waals surface area contributed by atoms with Gasteiger partial charge in [0.1, 0.15) is 5.25 Å². The van der Waals surface area contributed by atoms with Gasteiger partial charge in [-0.1, -0.05) is 0 Å². The van der Waals surface area contributed by atoms with E-state index < -0.39 is 15.3 Å². The Hall–Kier alpha value is -0.660. The lowest BCUT2D eigenvalue weighted by atomic mass is 10.3. The summed E-state index contributed by atoms with van der Waals surface area (Å²) in [6.07, 6.45) is -0.0246. The zero-order chi connectivity index (χ0) is 10.9. The smallest absolute Gasteiger partial charge is 0.224 e. The summed E-state index contributed by atoms with van der Waals surface area (Å²) >= 11 is 0. The van der Waals surface area contributed by atoms with Gasteiger partial charge >= 0.3 is 0 Å². The zero-order valence-electron chi connectivity index (χ0n) is 8.01. The van der Waals surface area contributed by atoms with E-state index in [-0.39, 0.29) is 24.9 Å². The average molecular weight is 221 g/mol. The normalized spacial score (nSPS) is 25.5. The Labute approximate surface area is 83.3 Å². The quantitative estimate of drug-likeness (QED) is 0.587. The van der Waals surface area contributed by atoms with Crippen LogP contribution in [-0.4, -0.2) is 43.6 Å². The molecule has 4 N–H and O–H groups in total. The van der Waals surface area contributed by atoms with E-state index in [1.807, 2.05) is 0 Å². The Morgan fingerprint density at radius 1 is 1.64 bits per heavy atom. The van der Waals surface area contributed by atoms with Crippen LogP contribution >= 0.6 is 0 Å². The molecule has 82 valence electrons. The number of primary sulfonamides is 1.